The topological polar surface area (TPSA) is 78.9 Å². The van der Waals surface area contributed by atoms with E-state index in [9.17, 15) is 18.0 Å². The Morgan fingerprint density at radius 1 is 1.00 bits per heavy atom. The number of fused-ring (bicyclic) bond motifs is 1. The first kappa shape index (κ1) is 17.5. The van der Waals surface area contributed by atoms with Gasteiger partial charge in [-0.2, -0.15) is 13.2 Å². The van der Waals surface area contributed by atoms with Crippen molar-refractivity contribution in [3.8, 4) is 0 Å². The minimum absolute atomic E-state index is 0.109. The van der Waals surface area contributed by atoms with Crippen molar-refractivity contribution in [3.63, 3.8) is 0 Å². The minimum atomic E-state index is -4.70. The number of halogens is 3. The number of benzene rings is 2. The summed E-state index contributed by atoms with van der Waals surface area (Å²) < 4.78 is 38.9. The summed E-state index contributed by atoms with van der Waals surface area (Å²) in [5, 5.41) is 2.90. The van der Waals surface area contributed by atoms with Gasteiger partial charge in [0.2, 0.25) is 5.82 Å². The van der Waals surface area contributed by atoms with Crippen LogP contribution in [0.15, 0.2) is 48.5 Å². The summed E-state index contributed by atoms with van der Waals surface area (Å²) in [4.78, 5) is 18.9. The molecule has 0 aliphatic carbocycles. The average molecular weight is 361 g/mol. The monoisotopic (exact) mass is 361 g/mol. The normalized spacial score (nSPS) is 11.2. The molecule has 2 aromatic carbocycles. The fraction of sp³-hybridized carbons (Fsp3) is 0.118. The van der Waals surface area contributed by atoms with Crippen LogP contribution in [-0.4, -0.2) is 16.0 Å². The molecule has 0 unspecified atom stereocenters. The maximum Gasteiger partial charge on any atom is 0.451 e. The number of urea groups is 1. The van der Waals surface area contributed by atoms with E-state index in [2.05, 4.69) is 26.1 Å². The average Bonchev–Trinajstić information content (AvgIpc) is 2.60. The van der Waals surface area contributed by atoms with Crippen LogP contribution in [-0.2, 0) is 6.18 Å². The van der Waals surface area contributed by atoms with Gasteiger partial charge in [-0.15, -0.1) is 0 Å². The lowest BCUT2D eigenvalue weighted by Crippen LogP contribution is -2.34. The van der Waals surface area contributed by atoms with Crippen LogP contribution in [0.2, 0.25) is 0 Å². The number of rotatable bonds is 3. The Morgan fingerprint density at radius 3 is 2.38 bits per heavy atom. The zero-order chi connectivity index (χ0) is 18.7. The Morgan fingerprint density at radius 2 is 1.69 bits per heavy atom. The van der Waals surface area contributed by atoms with E-state index in [-0.39, 0.29) is 11.3 Å². The fourth-order valence-electron chi connectivity index (χ4n) is 2.21. The van der Waals surface area contributed by atoms with Crippen LogP contribution in [0.1, 0.15) is 11.4 Å². The molecule has 0 aliphatic heterocycles. The van der Waals surface area contributed by atoms with Crippen molar-refractivity contribution >= 4 is 28.4 Å². The molecule has 0 spiro atoms. The van der Waals surface area contributed by atoms with Crippen LogP contribution >= 0.6 is 0 Å². The van der Waals surface area contributed by atoms with Crippen LogP contribution in [0.3, 0.4) is 0 Å². The Balaban J connectivity index is 1.79. The number of aryl methyl sites for hydroxylation is 1. The van der Waals surface area contributed by atoms with Gasteiger partial charge in [-0.25, -0.2) is 14.8 Å². The molecular formula is C17H14F3N5O. The van der Waals surface area contributed by atoms with Crippen LogP contribution in [0.25, 0.3) is 10.9 Å². The summed E-state index contributed by atoms with van der Waals surface area (Å²) >= 11 is 0. The lowest BCUT2D eigenvalue weighted by atomic mass is 10.2. The number of aromatic nitrogens is 2. The number of anilines is 2. The summed E-state index contributed by atoms with van der Waals surface area (Å²) in [5.74, 6) is -1.44. The standard InChI is InChI=1S/C17H14F3N5O/c1-10-6-8-11(9-7-10)21-16(26)25-24-14-12-4-2-3-5-13(12)22-15(23-14)17(18,19)20/h2-9H,1H3,(H2,21,25,26)(H,22,23,24). The molecule has 0 atom stereocenters. The van der Waals surface area contributed by atoms with Crippen molar-refractivity contribution < 1.29 is 18.0 Å². The largest absolute Gasteiger partial charge is 0.451 e. The summed E-state index contributed by atoms with van der Waals surface area (Å²) in [6.07, 6.45) is -4.70. The molecule has 0 saturated carbocycles. The molecule has 0 aliphatic rings. The molecule has 0 radical (unpaired) electrons. The van der Waals surface area contributed by atoms with Crippen molar-refractivity contribution in [2.75, 3.05) is 10.7 Å². The molecular weight excluding hydrogens is 347 g/mol. The van der Waals surface area contributed by atoms with Crippen molar-refractivity contribution in [1.82, 2.24) is 15.4 Å². The van der Waals surface area contributed by atoms with Crippen molar-refractivity contribution in [2.24, 2.45) is 0 Å². The lowest BCUT2D eigenvalue weighted by molar-refractivity contribution is -0.144. The fourth-order valence-corrected chi connectivity index (χ4v) is 2.21. The Kier molecular flexibility index (Phi) is 4.61. The quantitative estimate of drug-likeness (QED) is 0.614. The van der Waals surface area contributed by atoms with Crippen LogP contribution in [0.4, 0.5) is 29.5 Å². The van der Waals surface area contributed by atoms with Crippen molar-refractivity contribution in [3.05, 3.63) is 59.9 Å². The number of para-hydroxylation sites is 1. The summed E-state index contributed by atoms with van der Waals surface area (Å²) in [6.45, 7) is 1.91. The van der Waals surface area contributed by atoms with E-state index >= 15 is 0 Å². The molecule has 0 fully saturated rings. The first-order chi connectivity index (χ1) is 12.3. The second kappa shape index (κ2) is 6.87. The highest BCUT2D eigenvalue weighted by molar-refractivity contribution is 5.93. The highest BCUT2D eigenvalue weighted by atomic mass is 19.4. The molecule has 1 aromatic heterocycles. The molecule has 26 heavy (non-hydrogen) atoms. The molecule has 3 aromatic rings. The summed E-state index contributed by atoms with van der Waals surface area (Å²) in [5.41, 5.74) is 6.37. The third-order valence-electron chi connectivity index (χ3n) is 3.46. The first-order valence-corrected chi connectivity index (χ1v) is 7.56. The predicted molar refractivity (Wildman–Crippen MR) is 91.5 cm³/mol. The lowest BCUT2D eigenvalue weighted by Gasteiger charge is -2.13. The van der Waals surface area contributed by atoms with E-state index in [0.717, 1.165) is 5.56 Å². The first-order valence-electron chi connectivity index (χ1n) is 7.56. The zero-order valence-corrected chi connectivity index (χ0v) is 13.6. The maximum absolute atomic E-state index is 13.0. The molecule has 6 nitrogen and oxygen atoms in total. The second-order valence-electron chi connectivity index (χ2n) is 5.48. The molecule has 2 amide bonds. The van der Waals surface area contributed by atoms with Gasteiger partial charge in [-0.1, -0.05) is 29.8 Å². The van der Waals surface area contributed by atoms with Crippen LogP contribution < -0.4 is 16.2 Å². The third kappa shape index (κ3) is 4.00. The highest BCUT2D eigenvalue weighted by Gasteiger charge is 2.35. The number of alkyl halides is 3. The number of nitrogens with zero attached hydrogens (tertiary/aromatic N) is 2. The number of nitrogens with one attached hydrogen (secondary N) is 3. The van der Waals surface area contributed by atoms with E-state index in [4.69, 9.17) is 0 Å². The van der Waals surface area contributed by atoms with Crippen molar-refractivity contribution in [2.45, 2.75) is 13.1 Å². The van der Waals surface area contributed by atoms with E-state index in [1.807, 2.05) is 19.1 Å². The van der Waals surface area contributed by atoms with Gasteiger partial charge in [0.05, 0.1) is 5.52 Å². The van der Waals surface area contributed by atoms with Gasteiger partial charge < -0.3 is 5.32 Å². The summed E-state index contributed by atoms with van der Waals surface area (Å²) in [6, 6.07) is 12.6. The molecule has 9 heteroatoms. The molecule has 134 valence electrons. The number of hydrogen-bond acceptors (Lipinski definition) is 4. The number of hydrazine groups is 1. The molecule has 3 N–H and O–H groups in total. The molecule has 1 heterocycles. The van der Waals surface area contributed by atoms with Gasteiger partial charge in [0.25, 0.3) is 0 Å². The third-order valence-corrected chi connectivity index (χ3v) is 3.46. The maximum atomic E-state index is 13.0. The number of amides is 2. The SMILES string of the molecule is Cc1ccc(NC(=O)NNc2nc(C(F)(F)F)nc3ccccc23)cc1. The predicted octanol–water partition coefficient (Wildman–Crippen LogP) is 4.11. The van der Waals surface area contributed by atoms with Crippen LogP contribution in [0.5, 0.6) is 0 Å². The number of carbonyl (C=O) groups is 1. The van der Waals surface area contributed by atoms with E-state index in [1.165, 1.54) is 6.07 Å². The molecule has 3 rings (SSSR count). The highest BCUT2D eigenvalue weighted by Crippen LogP contribution is 2.29. The Hall–Kier alpha value is -3.36. The van der Waals surface area contributed by atoms with Gasteiger partial charge in [0.1, 0.15) is 0 Å². The van der Waals surface area contributed by atoms with Gasteiger partial charge in [0, 0.05) is 11.1 Å². The van der Waals surface area contributed by atoms with Gasteiger partial charge in [-0.3, -0.25) is 10.9 Å². The van der Waals surface area contributed by atoms with Gasteiger partial charge >= 0.3 is 12.2 Å². The smallest absolute Gasteiger partial charge is 0.307 e. The summed E-state index contributed by atoms with van der Waals surface area (Å²) in [7, 11) is 0. The minimum Gasteiger partial charge on any atom is -0.307 e. The van der Waals surface area contributed by atoms with Gasteiger partial charge in [0.15, 0.2) is 5.82 Å². The number of carbonyl (C=O) groups excluding carboxylic acids is 1. The van der Waals surface area contributed by atoms with E-state index in [1.54, 1.807) is 30.3 Å². The van der Waals surface area contributed by atoms with Gasteiger partial charge in [-0.05, 0) is 31.2 Å². The number of hydrogen-bond donors (Lipinski definition) is 3. The zero-order valence-electron chi connectivity index (χ0n) is 13.6. The van der Waals surface area contributed by atoms with E-state index in [0.29, 0.717) is 11.1 Å². The Labute approximate surface area is 146 Å². The molecule has 0 saturated heterocycles. The van der Waals surface area contributed by atoms with Crippen molar-refractivity contribution in [1.29, 1.82) is 0 Å². The second-order valence-corrected chi connectivity index (χ2v) is 5.48. The molecule has 0 bridgehead atoms. The Bertz CT molecular complexity index is 941. The van der Waals surface area contributed by atoms with E-state index < -0.39 is 18.0 Å². The van der Waals surface area contributed by atoms with Crippen LogP contribution in [0, 0.1) is 6.92 Å².